The Morgan fingerprint density at radius 2 is 1.87 bits per heavy atom. The number of methoxy groups -OCH3 is 2. The molecular weight excluding hydrogens is 540 g/mol. The lowest BCUT2D eigenvalue weighted by Gasteiger charge is -2.13. The summed E-state index contributed by atoms with van der Waals surface area (Å²) in [6.07, 6.45) is 1.57. The zero-order valence-electron chi connectivity index (χ0n) is 15.9. The largest absolute Gasteiger partial charge is 0.493 e. The van der Waals surface area contributed by atoms with E-state index in [1.807, 2.05) is 6.07 Å². The van der Waals surface area contributed by atoms with Crippen LogP contribution < -0.4 is 14.8 Å². The minimum atomic E-state index is -0.529. The fourth-order valence-corrected chi connectivity index (χ4v) is 4.55. The highest BCUT2D eigenvalue weighted by atomic mass is 79.9. The lowest BCUT2D eigenvalue weighted by Crippen LogP contribution is -2.36. The third-order valence-electron chi connectivity index (χ3n) is 4.08. The molecule has 0 aliphatic carbocycles. The summed E-state index contributed by atoms with van der Waals surface area (Å²) >= 11 is 7.51. The normalized spacial score (nSPS) is 14.9. The molecule has 0 aromatic heterocycles. The Bertz CT molecular complexity index is 1060. The van der Waals surface area contributed by atoms with E-state index in [0.29, 0.717) is 31.7 Å². The van der Waals surface area contributed by atoms with Crippen molar-refractivity contribution in [1.82, 2.24) is 4.90 Å². The second-order valence-electron chi connectivity index (χ2n) is 6.03. The van der Waals surface area contributed by atoms with Crippen molar-refractivity contribution in [3.63, 3.8) is 0 Å². The van der Waals surface area contributed by atoms with Crippen molar-refractivity contribution >= 4 is 72.4 Å². The van der Waals surface area contributed by atoms with Crippen LogP contribution in [-0.4, -0.2) is 42.7 Å². The van der Waals surface area contributed by atoms with Crippen LogP contribution in [-0.2, 0) is 9.59 Å². The van der Waals surface area contributed by atoms with Crippen LogP contribution in [0.1, 0.15) is 5.56 Å². The first-order valence-corrected chi connectivity index (χ1v) is 11.0. The molecule has 1 aliphatic heterocycles. The van der Waals surface area contributed by atoms with Gasteiger partial charge in [-0.3, -0.25) is 19.3 Å². The molecular formula is C20H16Br2N2O5S. The van der Waals surface area contributed by atoms with Crippen molar-refractivity contribution in [2.24, 2.45) is 0 Å². The number of anilines is 1. The van der Waals surface area contributed by atoms with Crippen LogP contribution in [0.25, 0.3) is 6.08 Å². The molecule has 1 heterocycles. The van der Waals surface area contributed by atoms with E-state index in [9.17, 15) is 14.4 Å². The van der Waals surface area contributed by atoms with Crippen LogP contribution in [0.4, 0.5) is 10.5 Å². The van der Waals surface area contributed by atoms with E-state index < -0.39 is 17.1 Å². The molecule has 0 radical (unpaired) electrons. The number of carbonyl (C=O) groups is 3. The quantitative estimate of drug-likeness (QED) is 0.510. The van der Waals surface area contributed by atoms with Gasteiger partial charge in [0.1, 0.15) is 6.54 Å². The minimum Gasteiger partial charge on any atom is -0.493 e. The number of nitrogens with one attached hydrogen (secondary N) is 1. The number of benzene rings is 2. The van der Waals surface area contributed by atoms with Gasteiger partial charge in [0.05, 0.1) is 29.3 Å². The zero-order valence-corrected chi connectivity index (χ0v) is 19.9. The Morgan fingerprint density at radius 1 is 1.13 bits per heavy atom. The second-order valence-corrected chi connectivity index (χ2v) is 8.74. The summed E-state index contributed by atoms with van der Waals surface area (Å²) in [5.74, 6) is -0.00540. The molecule has 1 fully saturated rings. The Hall–Kier alpha value is -2.30. The van der Waals surface area contributed by atoms with Gasteiger partial charge in [0.2, 0.25) is 5.91 Å². The predicted molar refractivity (Wildman–Crippen MR) is 123 cm³/mol. The molecule has 3 amide bonds. The van der Waals surface area contributed by atoms with Gasteiger partial charge < -0.3 is 14.8 Å². The smallest absolute Gasteiger partial charge is 0.294 e. The first-order chi connectivity index (χ1) is 14.3. The van der Waals surface area contributed by atoms with Crippen LogP contribution in [0, 0.1) is 0 Å². The third kappa shape index (κ3) is 4.88. The standard InChI is InChI=1S/C20H16Br2N2O5S/c1-28-15-8-11(7-13(22)18(15)29-2)9-16-19(26)24(20(27)30-16)10-17(25)23-14-6-4-3-5-12(14)21/h3-9H,10H2,1-2H3,(H,23,25)/b16-9+. The van der Waals surface area contributed by atoms with Crippen molar-refractivity contribution in [2.45, 2.75) is 0 Å². The van der Waals surface area contributed by atoms with Crippen molar-refractivity contribution in [3.8, 4) is 11.5 Å². The number of para-hydroxylation sites is 1. The zero-order chi connectivity index (χ0) is 21.8. The van der Waals surface area contributed by atoms with Crippen molar-refractivity contribution in [3.05, 3.63) is 55.8 Å². The van der Waals surface area contributed by atoms with E-state index >= 15 is 0 Å². The van der Waals surface area contributed by atoms with Gasteiger partial charge in [-0.05, 0) is 79.5 Å². The molecule has 10 heteroatoms. The molecule has 0 spiro atoms. The molecule has 156 valence electrons. The molecule has 1 saturated heterocycles. The van der Waals surface area contributed by atoms with E-state index in [2.05, 4.69) is 37.2 Å². The monoisotopic (exact) mass is 554 g/mol. The van der Waals surface area contributed by atoms with Gasteiger partial charge in [-0.1, -0.05) is 12.1 Å². The summed E-state index contributed by atoms with van der Waals surface area (Å²) in [6, 6.07) is 10.5. The molecule has 1 aliphatic rings. The highest BCUT2D eigenvalue weighted by Crippen LogP contribution is 2.38. The number of amides is 3. The fourth-order valence-electron chi connectivity index (χ4n) is 2.70. The summed E-state index contributed by atoms with van der Waals surface area (Å²) in [6.45, 7) is -0.376. The average molecular weight is 556 g/mol. The first kappa shape index (κ1) is 22.4. The van der Waals surface area contributed by atoms with Crippen LogP contribution in [0.3, 0.4) is 0 Å². The number of hydrogen-bond acceptors (Lipinski definition) is 6. The molecule has 2 aromatic rings. The maximum absolute atomic E-state index is 12.7. The van der Waals surface area contributed by atoms with Crippen LogP contribution in [0.15, 0.2) is 50.2 Å². The molecule has 0 bridgehead atoms. The van der Waals surface area contributed by atoms with Gasteiger partial charge in [-0.2, -0.15) is 0 Å². The number of imide groups is 1. The maximum atomic E-state index is 12.7. The van der Waals surface area contributed by atoms with E-state index in [1.54, 1.807) is 36.4 Å². The van der Waals surface area contributed by atoms with Gasteiger partial charge >= 0.3 is 0 Å². The molecule has 2 aromatic carbocycles. The molecule has 0 saturated carbocycles. The number of thioether (sulfide) groups is 1. The number of nitrogens with zero attached hydrogens (tertiary/aromatic N) is 1. The average Bonchev–Trinajstić information content (AvgIpc) is 2.96. The van der Waals surface area contributed by atoms with Crippen LogP contribution in [0.2, 0.25) is 0 Å². The highest BCUT2D eigenvalue weighted by molar-refractivity contribution is 9.11. The molecule has 0 atom stereocenters. The Morgan fingerprint density at radius 3 is 2.53 bits per heavy atom. The van der Waals surface area contributed by atoms with Gasteiger partial charge in [-0.15, -0.1) is 0 Å². The summed E-state index contributed by atoms with van der Waals surface area (Å²) < 4.78 is 11.9. The van der Waals surface area contributed by atoms with E-state index in [0.717, 1.165) is 16.7 Å². The van der Waals surface area contributed by atoms with Gasteiger partial charge in [-0.25, -0.2) is 0 Å². The minimum absolute atomic E-state index is 0.216. The lowest BCUT2D eigenvalue weighted by molar-refractivity contribution is -0.127. The first-order valence-electron chi connectivity index (χ1n) is 8.55. The van der Waals surface area contributed by atoms with Gasteiger partial charge in [0.15, 0.2) is 11.5 Å². The molecule has 30 heavy (non-hydrogen) atoms. The summed E-state index contributed by atoms with van der Waals surface area (Å²) in [4.78, 5) is 38.5. The summed E-state index contributed by atoms with van der Waals surface area (Å²) in [5.41, 5.74) is 1.20. The molecule has 0 unspecified atom stereocenters. The van der Waals surface area contributed by atoms with Crippen molar-refractivity contribution in [1.29, 1.82) is 0 Å². The molecule has 7 nitrogen and oxygen atoms in total. The van der Waals surface area contributed by atoms with Crippen molar-refractivity contribution < 1.29 is 23.9 Å². The molecule has 1 N–H and O–H groups in total. The van der Waals surface area contributed by atoms with E-state index in [4.69, 9.17) is 9.47 Å². The Labute approximate surface area is 194 Å². The molecule has 3 rings (SSSR count). The number of ether oxygens (including phenoxy) is 2. The van der Waals surface area contributed by atoms with Gasteiger partial charge in [0, 0.05) is 4.47 Å². The Kier molecular flexibility index (Phi) is 7.22. The third-order valence-corrected chi connectivity index (χ3v) is 6.26. The summed E-state index contributed by atoms with van der Waals surface area (Å²) in [5, 5.41) is 2.17. The number of hydrogen-bond donors (Lipinski definition) is 1. The van der Waals surface area contributed by atoms with Crippen LogP contribution >= 0.6 is 43.6 Å². The van der Waals surface area contributed by atoms with Crippen molar-refractivity contribution in [2.75, 3.05) is 26.1 Å². The maximum Gasteiger partial charge on any atom is 0.294 e. The topological polar surface area (TPSA) is 84.9 Å². The predicted octanol–water partition coefficient (Wildman–Crippen LogP) is 4.90. The lowest BCUT2D eigenvalue weighted by atomic mass is 10.2. The SMILES string of the molecule is COc1cc(/C=C2/SC(=O)N(CC(=O)Nc3ccccc3Br)C2=O)cc(Br)c1OC. The fraction of sp³-hybridized carbons (Fsp3) is 0.150. The second kappa shape index (κ2) is 9.67. The van der Waals surface area contributed by atoms with E-state index in [-0.39, 0.29) is 11.4 Å². The number of halogens is 2. The number of carbonyl (C=O) groups excluding carboxylic acids is 3. The summed E-state index contributed by atoms with van der Waals surface area (Å²) in [7, 11) is 3.03. The van der Waals surface area contributed by atoms with Gasteiger partial charge in [0.25, 0.3) is 11.1 Å². The van der Waals surface area contributed by atoms with E-state index in [1.165, 1.54) is 14.2 Å². The van der Waals surface area contributed by atoms with Crippen LogP contribution in [0.5, 0.6) is 11.5 Å². The number of rotatable bonds is 6. The Balaban J connectivity index is 1.77. The highest BCUT2D eigenvalue weighted by Gasteiger charge is 2.36.